The van der Waals surface area contributed by atoms with E-state index in [0.717, 1.165) is 21.7 Å². The van der Waals surface area contributed by atoms with Gasteiger partial charge >= 0.3 is 0 Å². The summed E-state index contributed by atoms with van der Waals surface area (Å²) in [5, 5.41) is 4.78. The molecule has 0 aliphatic carbocycles. The van der Waals surface area contributed by atoms with Crippen LogP contribution in [0.2, 0.25) is 0 Å². The third kappa shape index (κ3) is 2.24. The minimum atomic E-state index is -0.0537. The predicted octanol–water partition coefficient (Wildman–Crippen LogP) is 2.56. The first-order valence-corrected chi connectivity index (χ1v) is 6.86. The standard InChI is InChI=1S/C14H13N3OS/c1-17-11-6-3-2-5-10(11)16-13(17)9-15-14(18)12-7-4-8-19-12/h2-8H,9H2,1H3,(H,15,18). The van der Waals surface area contributed by atoms with Crippen LogP contribution in [0.15, 0.2) is 41.8 Å². The number of aryl methyl sites for hydroxylation is 1. The number of carbonyl (C=O) groups is 1. The monoisotopic (exact) mass is 271 g/mol. The lowest BCUT2D eigenvalue weighted by atomic mass is 10.3. The quantitative estimate of drug-likeness (QED) is 0.796. The first kappa shape index (κ1) is 11.9. The Balaban J connectivity index is 1.79. The number of nitrogens with zero attached hydrogens (tertiary/aromatic N) is 2. The molecule has 96 valence electrons. The molecule has 2 heterocycles. The van der Waals surface area contributed by atoms with E-state index >= 15 is 0 Å². The zero-order valence-corrected chi connectivity index (χ0v) is 11.3. The Morgan fingerprint density at radius 3 is 2.89 bits per heavy atom. The summed E-state index contributed by atoms with van der Waals surface area (Å²) in [6.45, 7) is 0.432. The molecular formula is C14H13N3OS. The summed E-state index contributed by atoms with van der Waals surface area (Å²) in [6, 6.07) is 11.6. The highest BCUT2D eigenvalue weighted by Gasteiger charge is 2.10. The number of hydrogen-bond donors (Lipinski definition) is 1. The Labute approximate surface area is 114 Å². The van der Waals surface area contributed by atoms with Crippen molar-refractivity contribution in [2.24, 2.45) is 7.05 Å². The number of thiophene rings is 1. The van der Waals surface area contributed by atoms with Gasteiger partial charge in [-0.05, 0) is 23.6 Å². The summed E-state index contributed by atoms with van der Waals surface area (Å²) < 4.78 is 2.00. The molecule has 4 nitrogen and oxygen atoms in total. The molecule has 0 saturated heterocycles. The Kier molecular flexibility index (Phi) is 3.05. The van der Waals surface area contributed by atoms with Crippen molar-refractivity contribution < 1.29 is 4.79 Å². The summed E-state index contributed by atoms with van der Waals surface area (Å²) in [5.41, 5.74) is 2.02. The maximum atomic E-state index is 11.9. The van der Waals surface area contributed by atoms with E-state index in [1.807, 2.05) is 53.4 Å². The van der Waals surface area contributed by atoms with Gasteiger partial charge in [-0.15, -0.1) is 11.3 Å². The van der Waals surface area contributed by atoms with Crippen molar-refractivity contribution in [2.75, 3.05) is 0 Å². The van der Waals surface area contributed by atoms with Gasteiger partial charge in [-0.25, -0.2) is 4.98 Å². The van der Waals surface area contributed by atoms with E-state index < -0.39 is 0 Å². The van der Waals surface area contributed by atoms with Crippen LogP contribution in [0.3, 0.4) is 0 Å². The Morgan fingerprint density at radius 1 is 1.32 bits per heavy atom. The van der Waals surface area contributed by atoms with Gasteiger partial charge in [-0.3, -0.25) is 4.79 Å². The summed E-state index contributed by atoms with van der Waals surface area (Å²) in [6.07, 6.45) is 0. The second-order valence-electron chi connectivity index (χ2n) is 4.24. The average Bonchev–Trinajstić information content (AvgIpc) is 3.05. The lowest BCUT2D eigenvalue weighted by Crippen LogP contribution is -2.23. The second-order valence-corrected chi connectivity index (χ2v) is 5.18. The fraction of sp³-hybridized carbons (Fsp3) is 0.143. The molecule has 0 saturated carbocycles. The molecule has 1 N–H and O–H groups in total. The van der Waals surface area contributed by atoms with Crippen LogP contribution in [-0.4, -0.2) is 15.5 Å². The number of carbonyl (C=O) groups excluding carboxylic acids is 1. The number of rotatable bonds is 3. The summed E-state index contributed by atoms with van der Waals surface area (Å²) in [7, 11) is 1.96. The Morgan fingerprint density at radius 2 is 2.16 bits per heavy atom. The van der Waals surface area contributed by atoms with Crippen LogP contribution in [0.1, 0.15) is 15.5 Å². The minimum absolute atomic E-state index is 0.0537. The van der Waals surface area contributed by atoms with Crippen molar-refractivity contribution in [3.8, 4) is 0 Å². The third-order valence-electron chi connectivity index (χ3n) is 3.03. The molecule has 0 fully saturated rings. The third-order valence-corrected chi connectivity index (χ3v) is 3.90. The van der Waals surface area contributed by atoms with E-state index in [1.54, 1.807) is 0 Å². The van der Waals surface area contributed by atoms with Crippen molar-refractivity contribution in [2.45, 2.75) is 6.54 Å². The van der Waals surface area contributed by atoms with Gasteiger partial charge in [0.2, 0.25) is 0 Å². The van der Waals surface area contributed by atoms with Crippen LogP contribution in [0, 0.1) is 0 Å². The molecular weight excluding hydrogens is 258 g/mol. The highest BCUT2D eigenvalue weighted by atomic mass is 32.1. The Bertz CT molecular complexity index is 715. The number of amides is 1. The SMILES string of the molecule is Cn1c(CNC(=O)c2cccs2)nc2ccccc21. The molecule has 0 radical (unpaired) electrons. The summed E-state index contributed by atoms with van der Waals surface area (Å²) in [5.74, 6) is 0.799. The van der Waals surface area contributed by atoms with Crippen LogP contribution < -0.4 is 5.32 Å². The fourth-order valence-corrected chi connectivity index (χ4v) is 2.65. The number of hydrogen-bond acceptors (Lipinski definition) is 3. The molecule has 1 amide bonds. The number of fused-ring (bicyclic) bond motifs is 1. The van der Waals surface area contributed by atoms with Crippen molar-refractivity contribution in [1.82, 2.24) is 14.9 Å². The van der Waals surface area contributed by atoms with Gasteiger partial charge in [-0.2, -0.15) is 0 Å². The smallest absolute Gasteiger partial charge is 0.261 e. The number of imidazole rings is 1. The van der Waals surface area contributed by atoms with E-state index in [1.165, 1.54) is 11.3 Å². The van der Waals surface area contributed by atoms with Crippen LogP contribution in [0.25, 0.3) is 11.0 Å². The second kappa shape index (κ2) is 4.85. The van der Waals surface area contributed by atoms with Crippen molar-refractivity contribution in [3.63, 3.8) is 0 Å². The molecule has 3 aromatic rings. The first-order chi connectivity index (χ1) is 9.25. The lowest BCUT2D eigenvalue weighted by Gasteiger charge is -2.04. The zero-order valence-electron chi connectivity index (χ0n) is 10.5. The minimum Gasteiger partial charge on any atom is -0.344 e. The van der Waals surface area contributed by atoms with Gasteiger partial charge in [0, 0.05) is 7.05 Å². The maximum absolute atomic E-state index is 11.9. The summed E-state index contributed by atoms with van der Waals surface area (Å²) in [4.78, 5) is 17.1. The van der Waals surface area contributed by atoms with Crippen LogP contribution in [-0.2, 0) is 13.6 Å². The van der Waals surface area contributed by atoms with E-state index in [-0.39, 0.29) is 5.91 Å². The van der Waals surface area contributed by atoms with E-state index in [2.05, 4.69) is 10.3 Å². The average molecular weight is 271 g/mol. The van der Waals surface area contributed by atoms with E-state index in [4.69, 9.17) is 0 Å². The van der Waals surface area contributed by atoms with Gasteiger partial charge in [0.05, 0.1) is 22.5 Å². The van der Waals surface area contributed by atoms with Gasteiger partial charge in [0.1, 0.15) is 5.82 Å². The fourth-order valence-electron chi connectivity index (χ4n) is 2.01. The normalized spacial score (nSPS) is 10.8. The number of para-hydroxylation sites is 2. The molecule has 3 rings (SSSR count). The van der Waals surface area contributed by atoms with Gasteiger partial charge in [-0.1, -0.05) is 18.2 Å². The van der Waals surface area contributed by atoms with Gasteiger partial charge < -0.3 is 9.88 Å². The molecule has 5 heteroatoms. The van der Waals surface area contributed by atoms with Crippen molar-refractivity contribution in [3.05, 3.63) is 52.5 Å². The topological polar surface area (TPSA) is 46.9 Å². The molecule has 0 bridgehead atoms. The maximum Gasteiger partial charge on any atom is 0.261 e. The number of nitrogens with one attached hydrogen (secondary N) is 1. The van der Waals surface area contributed by atoms with Crippen molar-refractivity contribution >= 4 is 28.3 Å². The molecule has 0 aliphatic heterocycles. The first-order valence-electron chi connectivity index (χ1n) is 5.98. The van der Waals surface area contributed by atoms with Crippen molar-refractivity contribution in [1.29, 1.82) is 0 Å². The molecule has 1 aromatic carbocycles. The van der Waals surface area contributed by atoms with E-state index in [9.17, 15) is 4.79 Å². The highest BCUT2D eigenvalue weighted by Crippen LogP contribution is 2.14. The van der Waals surface area contributed by atoms with Gasteiger partial charge in [0.15, 0.2) is 0 Å². The molecule has 0 spiro atoms. The Hall–Kier alpha value is -2.14. The molecule has 2 aromatic heterocycles. The van der Waals surface area contributed by atoms with Crippen LogP contribution in [0.4, 0.5) is 0 Å². The lowest BCUT2D eigenvalue weighted by molar-refractivity contribution is 0.0953. The predicted molar refractivity (Wildman–Crippen MR) is 76.2 cm³/mol. The number of aromatic nitrogens is 2. The van der Waals surface area contributed by atoms with Gasteiger partial charge in [0.25, 0.3) is 5.91 Å². The largest absolute Gasteiger partial charge is 0.344 e. The highest BCUT2D eigenvalue weighted by molar-refractivity contribution is 7.12. The van der Waals surface area contributed by atoms with E-state index in [0.29, 0.717) is 6.54 Å². The zero-order chi connectivity index (χ0) is 13.2. The molecule has 0 atom stereocenters. The molecule has 0 unspecified atom stereocenters. The van der Waals surface area contributed by atoms with Crippen LogP contribution in [0.5, 0.6) is 0 Å². The molecule has 0 aliphatic rings. The molecule has 19 heavy (non-hydrogen) atoms. The number of benzene rings is 1. The summed E-state index contributed by atoms with van der Waals surface area (Å²) >= 11 is 1.44. The van der Waals surface area contributed by atoms with Crippen LogP contribution >= 0.6 is 11.3 Å².